The minimum Gasteiger partial charge on any atom is -0.497 e. The zero-order valence-corrected chi connectivity index (χ0v) is 15.9. The number of halogens is 1. The van der Waals surface area contributed by atoms with Crippen LogP contribution < -0.4 is 14.8 Å². The molecule has 140 valence electrons. The van der Waals surface area contributed by atoms with Crippen molar-refractivity contribution < 1.29 is 22.7 Å². The number of amides is 1. The number of carbonyl (C=O) groups is 1. The fraction of sp³-hybridized carbons (Fsp3) is 0.235. The number of sulfonamides is 1. The largest absolute Gasteiger partial charge is 0.497 e. The van der Waals surface area contributed by atoms with Crippen LogP contribution in [-0.2, 0) is 14.8 Å². The summed E-state index contributed by atoms with van der Waals surface area (Å²) in [5.41, 5.74) is 0.525. The first-order valence-corrected chi connectivity index (χ1v) is 9.47. The van der Waals surface area contributed by atoms with E-state index in [0.29, 0.717) is 24.6 Å². The van der Waals surface area contributed by atoms with Gasteiger partial charge in [-0.25, -0.2) is 8.42 Å². The first kappa shape index (κ1) is 20.0. The molecule has 7 nitrogen and oxygen atoms in total. The minimum atomic E-state index is -3.97. The second-order valence-electron chi connectivity index (χ2n) is 5.23. The lowest BCUT2D eigenvalue weighted by molar-refractivity contribution is 0.0937. The Bertz CT molecular complexity index is 869. The topological polar surface area (TPSA) is 93.7 Å². The van der Waals surface area contributed by atoms with Gasteiger partial charge in [-0.2, -0.15) is 0 Å². The van der Waals surface area contributed by atoms with Crippen LogP contribution in [0.4, 0.5) is 5.69 Å². The second kappa shape index (κ2) is 8.88. The fourth-order valence-corrected chi connectivity index (χ4v) is 3.67. The first-order chi connectivity index (χ1) is 12.4. The maximum atomic E-state index is 12.6. The van der Waals surface area contributed by atoms with Gasteiger partial charge in [0.1, 0.15) is 10.6 Å². The van der Waals surface area contributed by atoms with Gasteiger partial charge in [0.05, 0.1) is 18.7 Å². The van der Waals surface area contributed by atoms with E-state index in [2.05, 4.69) is 10.0 Å². The van der Waals surface area contributed by atoms with Crippen LogP contribution in [0.25, 0.3) is 0 Å². The van der Waals surface area contributed by atoms with E-state index >= 15 is 0 Å². The molecule has 0 heterocycles. The molecule has 0 bridgehead atoms. The van der Waals surface area contributed by atoms with Crippen LogP contribution in [0, 0.1) is 0 Å². The number of anilines is 1. The summed E-state index contributed by atoms with van der Waals surface area (Å²) in [5.74, 6) is 0.181. The number of ether oxygens (including phenoxy) is 2. The van der Waals surface area contributed by atoms with Crippen molar-refractivity contribution in [2.75, 3.05) is 32.1 Å². The van der Waals surface area contributed by atoms with Gasteiger partial charge in [0, 0.05) is 24.9 Å². The van der Waals surface area contributed by atoms with Crippen molar-refractivity contribution in [3.63, 3.8) is 0 Å². The highest BCUT2D eigenvalue weighted by Gasteiger charge is 2.20. The van der Waals surface area contributed by atoms with Gasteiger partial charge in [-0.1, -0.05) is 11.6 Å². The molecule has 0 saturated carbocycles. The number of rotatable bonds is 8. The summed E-state index contributed by atoms with van der Waals surface area (Å²) < 4.78 is 37.6. The van der Waals surface area contributed by atoms with E-state index in [4.69, 9.17) is 21.1 Å². The number of carbonyl (C=O) groups excluding carboxylic acids is 1. The lowest BCUT2D eigenvalue weighted by Crippen LogP contribution is -2.27. The molecule has 2 N–H and O–H groups in total. The maximum Gasteiger partial charge on any atom is 0.263 e. The molecule has 0 atom stereocenters. The molecule has 2 aromatic rings. The van der Waals surface area contributed by atoms with Crippen molar-refractivity contribution in [1.29, 1.82) is 0 Å². The molecule has 1 amide bonds. The highest BCUT2D eigenvalue weighted by atomic mass is 35.5. The summed E-state index contributed by atoms with van der Waals surface area (Å²) in [7, 11) is -0.938. The highest BCUT2D eigenvalue weighted by Crippen LogP contribution is 2.26. The summed E-state index contributed by atoms with van der Waals surface area (Å²) in [6.07, 6.45) is 0. The van der Waals surface area contributed by atoms with Crippen LogP contribution in [0.15, 0.2) is 47.4 Å². The standard InChI is InChI=1S/C17H19ClN2O5S/c1-24-10-9-19-17(21)12-3-8-15(18)16(11-12)26(22,23)20-13-4-6-14(25-2)7-5-13/h3-8,11,20H,9-10H2,1-2H3,(H,19,21). The number of nitrogens with one attached hydrogen (secondary N) is 2. The number of methoxy groups -OCH3 is 2. The SMILES string of the molecule is COCCNC(=O)c1ccc(Cl)c(S(=O)(=O)Nc2ccc(OC)cc2)c1. The first-order valence-electron chi connectivity index (χ1n) is 7.61. The number of hydrogen-bond acceptors (Lipinski definition) is 5. The molecule has 0 spiro atoms. The molecule has 0 aliphatic carbocycles. The van der Waals surface area contributed by atoms with Gasteiger partial charge < -0.3 is 14.8 Å². The van der Waals surface area contributed by atoms with Gasteiger partial charge in [-0.05, 0) is 42.5 Å². The third-order valence-corrected chi connectivity index (χ3v) is 5.28. The van der Waals surface area contributed by atoms with Gasteiger partial charge in [-0.15, -0.1) is 0 Å². The van der Waals surface area contributed by atoms with E-state index in [9.17, 15) is 13.2 Å². The molecule has 0 aliphatic heterocycles. The Hall–Kier alpha value is -2.29. The van der Waals surface area contributed by atoms with Gasteiger partial charge in [0.2, 0.25) is 0 Å². The molecule has 0 unspecified atom stereocenters. The Balaban J connectivity index is 2.24. The van der Waals surface area contributed by atoms with Crippen LogP contribution in [0.5, 0.6) is 5.75 Å². The van der Waals surface area contributed by atoms with E-state index < -0.39 is 15.9 Å². The molecule has 2 aromatic carbocycles. The van der Waals surface area contributed by atoms with Gasteiger partial charge in [0.15, 0.2) is 0 Å². The Morgan fingerprint density at radius 3 is 2.42 bits per heavy atom. The van der Waals surface area contributed by atoms with Crippen LogP contribution in [-0.4, -0.2) is 41.7 Å². The zero-order valence-electron chi connectivity index (χ0n) is 14.3. The van der Waals surface area contributed by atoms with Crippen LogP contribution in [0.3, 0.4) is 0 Å². The Morgan fingerprint density at radius 2 is 1.81 bits per heavy atom. The summed E-state index contributed by atoms with van der Waals surface area (Å²) in [6, 6.07) is 10.4. The molecule has 26 heavy (non-hydrogen) atoms. The van der Waals surface area contributed by atoms with Crippen molar-refractivity contribution in [3.8, 4) is 5.75 Å². The summed E-state index contributed by atoms with van der Waals surface area (Å²) in [4.78, 5) is 11.9. The van der Waals surface area contributed by atoms with Gasteiger partial charge in [0.25, 0.3) is 15.9 Å². The third kappa shape index (κ3) is 5.10. The molecule has 9 heteroatoms. The second-order valence-corrected chi connectivity index (χ2v) is 7.29. The number of hydrogen-bond donors (Lipinski definition) is 2. The van der Waals surface area contributed by atoms with Crippen molar-refractivity contribution in [1.82, 2.24) is 5.32 Å². The highest BCUT2D eigenvalue weighted by molar-refractivity contribution is 7.92. The number of benzene rings is 2. The molecule has 0 radical (unpaired) electrons. The molecule has 2 rings (SSSR count). The van der Waals surface area contributed by atoms with E-state index in [0.717, 1.165) is 0 Å². The predicted octanol–water partition coefficient (Wildman–Crippen LogP) is 2.53. The van der Waals surface area contributed by atoms with E-state index in [-0.39, 0.29) is 15.5 Å². The van der Waals surface area contributed by atoms with Gasteiger partial charge in [-0.3, -0.25) is 9.52 Å². The molecule has 0 aliphatic rings. The summed E-state index contributed by atoms with van der Waals surface area (Å²) in [6.45, 7) is 0.660. The maximum absolute atomic E-state index is 12.6. The van der Waals surface area contributed by atoms with E-state index in [1.807, 2.05) is 0 Å². The quantitative estimate of drug-likeness (QED) is 0.666. The van der Waals surface area contributed by atoms with Crippen molar-refractivity contribution in [2.45, 2.75) is 4.90 Å². The van der Waals surface area contributed by atoms with Crippen LogP contribution >= 0.6 is 11.6 Å². The molecular formula is C17H19ClN2O5S. The Morgan fingerprint density at radius 1 is 1.12 bits per heavy atom. The molecule has 0 saturated heterocycles. The Kier molecular flexibility index (Phi) is 6.84. The smallest absolute Gasteiger partial charge is 0.263 e. The van der Waals surface area contributed by atoms with E-state index in [1.165, 1.54) is 32.4 Å². The third-order valence-electron chi connectivity index (χ3n) is 3.42. The molecule has 0 aromatic heterocycles. The molecule has 0 fully saturated rings. The minimum absolute atomic E-state index is 0.0134. The fourth-order valence-electron chi connectivity index (χ4n) is 2.09. The Labute approximate surface area is 157 Å². The lowest BCUT2D eigenvalue weighted by atomic mass is 10.2. The summed E-state index contributed by atoms with van der Waals surface area (Å²) in [5, 5.41) is 2.64. The average Bonchev–Trinajstić information content (AvgIpc) is 2.62. The van der Waals surface area contributed by atoms with Crippen molar-refractivity contribution >= 4 is 33.2 Å². The van der Waals surface area contributed by atoms with Gasteiger partial charge >= 0.3 is 0 Å². The van der Waals surface area contributed by atoms with Crippen molar-refractivity contribution in [2.24, 2.45) is 0 Å². The van der Waals surface area contributed by atoms with Crippen molar-refractivity contribution in [3.05, 3.63) is 53.1 Å². The predicted molar refractivity (Wildman–Crippen MR) is 99.5 cm³/mol. The zero-order chi connectivity index (χ0) is 19.2. The monoisotopic (exact) mass is 398 g/mol. The van der Waals surface area contributed by atoms with E-state index in [1.54, 1.807) is 24.3 Å². The van der Waals surface area contributed by atoms with Crippen LogP contribution in [0.1, 0.15) is 10.4 Å². The lowest BCUT2D eigenvalue weighted by Gasteiger charge is -2.12. The van der Waals surface area contributed by atoms with Crippen LogP contribution in [0.2, 0.25) is 5.02 Å². The summed E-state index contributed by atoms with van der Waals surface area (Å²) >= 11 is 6.04. The average molecular weight is 399 g/mol. The normalized spacial score (nSPS) is 11.0. The molecular weight excluding hydrogens is 380 g/mol.